The van der Waals surface area contributed by atoms with Crippen LogP contribution in [-0.2, 0) is 6.42 Å². The molecule has 2 aromatic carbocycles. The standard InChI is InChI=1S/C19H17N3O2S/c1-2-13-8-10-15(11-9-13)22-18(24)16(17(23)21-19(22)25)12-20-14-6-4-3-5-7-14/h3-12,24H,2H2,1H3,(H,21,23,25). The van der Waals surface area contributed by atoms with Gasteiger partial charge in [0.2, 0.25) is 5.88 Å². The molecule has 0 spiro atoms. The predicted octanol–water partition coefficient (Wildman–Crippen LogP) is 3.91. The van der Waals surface area contributed by atoms with Crippen molar-refractivity contribution in [3.05, 3.63) is 80.8 Å². The number of aryl methyl sites for hydroxylation is 1. The third kappa shape index (κ3) is 3.59. The van der Waals surface area contributed by atoms with Crippen LogP contribution in [-0.4, -0.2) is 20.9 Å². The van der Waals surface area contributed by atoms with Gasteiger partial charge in [0, 0.05) is 6.21 Å². The molecule has 0 aliphatic rings. The Kier molecular flexibility index (Phi) is 4.90. The lowest BCUT2D eigenvalue weighted by molar-refractivity contribution is 0.432. The van der Waals surface area contributed by atoms with E-state index in [4.69, 9.17) is 12.2 Å². The summed E-state index contributed by atoms with van der Waals surface area (Å²) in [5.74, 6) is -0.238. The molecule has 0 unspecified atom stereocenters. The van der Waals surface area contributed by atoms with Crippen LogP contribution in [0.3, 0.4) is 0 Å². The lowest BCUT2D eigenvalue weighted by Gasteiger charge is -2.11. The number of para-hydroxylation sites is 1. The Morgan fingerprint density at radius 3 is 2.48 bits per heavy atom. The van der Waals surface area contributed by atoms with Crippen LogP contribution in [0.2, 0.25) is 0 Å². The molecule has 0 saturated heterocycles. The van der Waals surface area contributed by atoms with Crippen molar-refractivity contribution in [3.63, 3.8) is 0 Å². The van der Waals surface area contributed by atoms with Crippen LogP contribution in [0.1, 0.15) is 18.1 Å². The van der Waals surface area contributed by atoms with Crippen molar-refractivity contribution in [1.29, 1.82) is 0 Å². The summed E-state index contributed by atoms with van der Waals surface area (Å²) in [4.78, 5) is 19.0. The highest BCUT2D eigenvalue weighted by molar-refractivity contribution is 7.71. The Morgan fingerprint density at radius 1 is 1.16 bits per heavy atom. The average molecular weight is 351 g/mol. The van der Waals surface area contributed by atoms with Gasteiger partial charge in [-0.2, -0.15) is 0 Å². The van der Waals surface area contributed by atoms with E-state index in [1.54, 1.807) is 12.1 Å². The van der Waals surface area contributed by atoms with Crippen molar-refractivity contribution in [2.75, 3.05) is 0 Å². The SMILES string of the molecule is CCc1ccc(-n2c(O)c(C=Nc3ccccc3)c(=O)[nH]c2=S)cc1. The monoisotopic (exact) mass is 351 g/mol. The van der Waals surface area contributed by atoms with Crippen LogP contribution in [0.4, 0.5) is 5.69 Å². The molecule has 6 heteroatoms. The van der Waals surface area contributed by atoms with Crippen molar-refractivity contribution in [1.82, 2.24) is 9.55 Å². The lowest BCUT2D eigenvalue weighted by atomic mass is 10.1. The van der Waals surface area contributed by atoms with E-state index in [0.29, 0.717) is 11.4 Å². The first-order chi connectivity index (χ1) is 12.1. The first-order valence-electron chi connectivity index (χ1n) is 7.87. The highest BCUT2D eigenvalue weighted by Crippen LogP contribution is 2.20. The van der Waals surface area contributed by atoms with E-state index in [0.717, 1.165) is 6.42 Å². The number of nitrogens with zero attached hydrogens (tertiary/aromatic N) is 2. The molecule has 0 saturated carbocycles. The number of benzene rings is 2. The van der Waals surface area contributed by atoms with Gasteiger partial charge in [-0.05, 0) is 48.5 Å². The van der Waals surface area contributed by atoms with E-state index in [-0.39, 0.29) is 16.2 Å². The second-order valence-electron chi connectivity index (χ2n) is 5.45. The number of aromatic hydroxyl groups is 1. The summed E-state index contributed by atoms with van der Waals surface area (Å²) < 4.78 is 1.55. The molecule has 2 N–H and O–H groups in total. The van der Waals surface area contributed by atoms with Crippen LogP contribution in [0.25, 0.3) is 5.69 Å². The molecule has 0 bridgehead atoms. The molecular weight excluding hydrogens is 334 g/mol. The van der Waals surface area contributed by atoms with Gasteiger partial charge in [0.15, 0.2) is 4.77 Å². The van der Waals surface area contributed by atoms with Gasteiger partial charge in [-0.3, -0.25) is 19.3 Å². The van der Waals surface area contributed by atoms with Gasteiger partial charge in [-0.1, -0.05) is 37.3 Å². The van der Waals surface area contributed by atoms with E-state index in [2.05, 4.69) is 16.9 Å². The molecule has 0 amide bonds. The van der Waals surface area contributed by atoms with E-state index >= 15 is 0 Å². The lowest BCUT2D eigenvalue weighted by Crippen LogP contribution is -2.18. The van der Waals surface area contributed by atoms with Crippen LogP contribution in [0.15, 0.2) is 64.4 Å². The zero-order valence-corrected chi connectivity index (χ0v) is 14.5. The minimum atomic E-state index is -0.483. The van der Waals surface area contributed by atoms with Crippen LogP contribution in [0.5, 0.6) is 5.88 Å². The Hall–Kier alpha value is -2.99. The summed E-state index contributed by atoms with van der Waals surface area (Å²) in [5.41, 5.74) is 2.10. The van der Waals surface area contributed by atoms with Gasteiger partial charge in [0.25, 0.3) is 5.56 Å². The number of nitrogens with one attached hydrogen (secondary N) is 1. The molecule has 25 heavy (non-hydrogen) atoms. The first-order valence-corrected chi connectivity index (χ1v) is 8.27. The number of hydrogen-bond acceptors (Lipinski definition) is 4. The molecule has 0 radical (unpaired) electrons. The Morgan fingerprint density at radius 2 is 1.84 bits per heavy atom. The van der Waals surface area contributed by atoms with E-state index in [9.17, 15) is 9.90 Å². The molecule has 5 nitrogen and oxygen atoms in total. The number of hydrogen-bond donors (Lipinski definition) is 2. The Bertz CT molecular complexity index is 1020. The zero-order valence-electron chi connectivity index (χ0n) is 13.6. The normalized spacial score (nSPS) is 11.1. The fourth-order valence-corrected chi connectivity index (χ4v) is 2.71. The maximum atomic E-state index is 12.2. The van der Waals surface area contributed by atoms with Crippen molar-refractivity contribution < 1.29 is 5.11 Å². The molecule has 126 valence electrons. The molecule has 1 heterocycles. The number of aromatic amines is 1. The molecule has 0 aliphatic carbocycles. The van der Waals surface area contributed by atoms with Gasteiger partial charge in [-0.25, -0.2) is 0 Å². The van der Waals surface area contributed by atoms with E-state index in [1.165, 1.54) is 16.3 Å². The van der Waals surface area contributed by atoms with Crippen molar-refractivity contribution in [2.45, 2.75) is 13.3 Å². The van der Waals surface area contributed by atoms with Crippen molar-refractivity contribution in [2.24, 2.45) is 4.99 Å². The fourth-order valence-electron chi connectivity index (χ4n) is 2.43. The molecule has 1 aromatic heterocycles. The third-order valence-electron chi connectivity index (χ3n) is 3.82. The number of aliphatic imine (C=N–C) groups is 1. The van der Waals surface area contributed by atoms with Crippen molar-refractivity contribution in [3.8, 4) is 11.6 Å². The van der Waals surface area contributed by atoms with Crippen LogP contribution < -0.4 is 5.56 Å². The largest absolute Gasteiger partial charge is 0.494 e. The van der Waals surface area contributed by atoms with Gasteiger partial charge >= 0.3 is 0 Å². The number of aromatic nitrogens is 2. The van der Waals surface area contributed by atoms with Gasteiger partial charge < -0.3 is 5.11 Å². The molecule has 0 aliphatic heterocycles. The summed E-state index contributed by atoms with van der Waals surface area (Å²) in [6, 6.07) is 16.8. The summed E-state index contributed by atoms with van der Waals surface area (Å²) in [5, 5.41) is 10.6. The minimum absolute atomic E-state index is 0.0528. The smallest absolute Gasteiger partial charge is 0.264 e. The van der Waals surface area contributed by atoms with Crippen LogP contribution >= 0.6 is 12.2 Å². The molecule has 3 aromatic rings. The molecular formula is C19H17N3O2S. The minimum Gasteiger partial charge on any atom is -0.494 e. The zero-order chi connectivity index (χ0) is 17.8. The van der Waals surface area contributed by atoms with E-state index in [1.807, 2.05) is 42.5 Å². The van der Waals surface area contributed by atoms with Crippen molar-refractivity contribution >= 4 is 24.1 Å². The quantitative estimate of drug-likeness (QED) is 0.553. The predicted molar refractivity (Wildman–Crippen MR) is 102 cm³/mol. The summed E-state index contributed by atoms with van der Waals surface area (Å²) in [6.07, 6.45) is 2.26. The summed E-state index contributed by atoms with van der Waals surface area (Å²) in [7, 11) is 0. The topological polar surface area (TPSA) is 70.4 Å². The van der Waals surface area contributed by atoms with Gasteiger partial charge in [0.05, 0.1) is 11.4 Å². The summed E-state index contributed by atoms with van der Waals surface area (Å²) in [6.45, 7) is 2.07. The number of H-pyrrole nitrogens is 1. The maximum absolute atomic E-state index is 12.2. The summed E-state index contributed by atoms with van der Waals surface area (Å²) >= 11 is 5.21. The molecule has 3 rings (SSSR count). The third-order valence-corrected chi connectivity index (χ3v) is 4.11. The second kappa shape index (κ2) is 7.27. The van der Waals surface area contributed by atoms with Gasteiger partial charge in [-0.15, -0.1) is 0 Å². The first kappa shape index (κ1) is 16.9. The molecule has 0 fully saturated rings. The maximum Gasteiger partial charge on any atom is 0.264 e. The number of rotatable bonds is 4. The Labute approximate surface area is 149 Å². The highest BCUT2D eigenvalue weighted by Gasteiger charge is 2.12. The van der Waals surface area contributed by atoms with E-state index < -0.39 is 5.56 Å². The second-order valence-corrected chi connectivity index (χ2v) is 5.83. The average Bonchev–Trinajstić information content (AvgIpc) is 2.62. The van der Waals surface area contributed by atoms with Gasteiger partial charge in [0.1, 0.15) is 5.56 Å². The molecule has 0 atom stereocenters. The fraction of sp³-hybridized carbons (Fsp3) is 0.105. The Balaban J connectivity index is 2.10. The highest BCUT2D eigenvalue weighted by atomic mass is 32.1. The van der Waals surface area contributed by atoms with Crippen LogP contribution in [0, 0.1) is 4.77 Å².